The summed E-state index contributed by atoms with van der Waals surface area (Å²) in [7, 11) is 0. The van der Waals surface area contributed by atoms with Crippen LogP contribution in [0.3, 0.4) is 0 Å². The van der Waals surface area contributed by atoms with Gasteiger partial charge in [-0.3, -0.25) is 0 Å². The van der Waals surface area contributed by atoms with E-state index in [-0.39, 0.29) is 0 Å². The summed E-state index contributed by atoms with van der Waals surface area (Å²) >= 11 is 1.92. The van der Waals surface area contributed by atoms with Crippen LogP contribution in [-0.4, -0.2) is 18.6 Å². The molecule has 1 N–H and O–H groups in total. The van der Waals surface area contributed by atoms with E-state index in [4.69, 9.17) is 5.26 Å². The summed E-state index contributed by atoms with van der Waals surface area (Å²) in [4.78, 5) is 0. The lowest BCUT2D eigenvalue weighted by Gasteiger charge is -2.06. The van der Waals surface area contributed by atoms with Crippen LogP contribution in [0.25, 0.3) is 0 Å². The maximum absolute atomic E-state index is 8.67. The number of rotatable bonds is 8. The van der Waals surface area contributed by atoms with Crippen LogP contribution in [0.15, 0.2) is 24.3 Å². The number of anilines is 1. The second-order valence-electron chi connectivity index (χ2n) is 4.02. The molecular weight excluding hydrogens is 228 g/mol. The first-order valence-electron chi connectivity index (χ1n) is 6.10. The summed E-state index contributed by atoms with van der Waals surface area (Å²) in [6.07, 6.45) is 7.33. The average Bonchev–Trinajstić information content (AvgIpc) is 2.38. The van der Waals surface area contributed by atoms with Crippen molar-refractivity contribution in [3.63, 3.8) is 0 Å². The summed E-state index contributed by atoms with van der Waals surface area (Å²) in [5, 5.41) is 12.0. The van der Waals surface area contributed by atoms with Crippen LogP contribution < -0.4 is 5.32 Å². The number of benzene rings is 1. The number of nitriles is 1. The Balaban J connectivity index is 2.08. The van der Waals surface area contributed by atoms with E-state index in [1.165, 1.54) is 31.4 Å². The standard InChI is InChI=1S/C14H20N2S/c1-17-11-5-3-2-4-10-16-14-8-6-13(12-15)7-9-14/h6-9,16H,2-5,10-11H2,1H3. The summed E-state index contributed by atoms with van der Waals surface area (Å²) < 4.78 is 0. The second kappa shape index (κ2) is 8.95. The van der Waals surface area contributed by atoms with Crippen molar-refractivity contribution in [1.29, 1.82) is 5.26 Å². The van der Waals surface area contributed by atoms with Gasteiger partial charge in [-0.05, 0) is 49.1 Å². The van der Waals surface area contributed by atoms with E-state index in [9.17, 15) is 0 Å². The molecule has 0 aliphatic rings. The molecule has 0 aliphatic carbocycles. The van der Waals surface area contributed by atoms with E-state index >= 15 is 0 Å². The van der Waals surface area contributed by atoms with E-state index in [2.05, 4.69) is 17.6 Å². The van der Waals surface area contributed by atoms with Gasteiger partial charge in [0.2, 0.25) is 0 Å². The molecule has 0 atom stereocenters. The molecule has 0 heterocycles. The zero-order chi connectivity index (χ0) is 12.3. The van der Waals surface area contributed by atoms with Crippen molar-refractivity contribution in [2.24, 2.45) is 0 Å². The molecule has 0 amide bonds. The van der Waals surface area contributed by atoms with Gasteiger partial charge in [0.25, 0.3) is 0 Å². The Labute approximate surface area is 108 Å². The topological polar surface area (TPSA) is 35.8 Å². The van der Waals surface area contributed by atoms with Crippen LogP contribution in [0, 0.1) is 11.3 Å². The molecule has 1 aromatic carbocycles. The molecule has 1 rings (SSSR count). The highest BCUT2D eigenvalue weighted by Crippen LogP contribution is 2.09. The molecule has 17 heavy (non-hydrogen) atoms. The van der Waals surface area contributed by atoms with Gasteiger partial charge in [-0.25, -0.2) is 0 Å². The predicted octanol–water partition coefficient (Wildman–Crippen LogP) is 3.89. The zero-order valence-electron chi connectivity index (χ0n) is 10.4. The van der Waals surface area contributed by atoms with Crippen LogP contribution in [0.5, 0.6) is 0 Å². The van der Waals surface area contributed by atoms with Crippen LogP contribution in [0.1, 0.15) is 31.2 Å². The highest BCUT2D eigenvalue weighted by Gasteiger charge is 1.93. The van der Waals surface area contributed by atoms with E-state index in [1.807, 2.05) is 36.0 Å². The van der Waals surface area contributed by atoms with Gasteiger partial charge >= 0.3 is 0 Å². The van der Waals surface area contributed by atoms with Gasteiger partial charge in [-0.15, -0.1) is 0 Å². The van der Waals surface area contributed by atoms with E-state index in [0.29, 0.717) is 5.56 Å². The fourth-order valence-electron chi connectivity index (χ4n) is 1.62. The summed E-state index contributed by atoms with van der Waals surface area (Å²) in [5.41, 5.74) is 1.82. The average molecular weight is 248 g/mol. The fraction of sp³-hybridized carbons (Fsp3) is 0.500. The number of hydrogen-bond donors (Lipinski definition) is 1. The molecule has 0 spiro atoms. The molecule has 0 aromatic heterocycles. The van der Waals surface area contributed by atoms with Gasteiger partial charge in [0, 0.05) is 12.2 Å². The van der Waals surface area contributed by atoms with E-state index in [1.54, 1.807) is 0 Å². The first kappa shape index (κ1) is 13.9. The number of nitrogens with one attached hydrogen (secondary N) is 1. The number of nitrogens with zero attached hydrogens (tertiary/aromatic N) is 1. The zero-order valence-corrected chi connectivity index (χ0v) is 11.2. The highest BCUT2D eigenvalue weighted by molar-refractivity contribution is 7.98. The van der Waals surface area contributed by atoms with Crippen molar-refractivity contribution in [2.45, 2.75) is 25.7 Å². The summed E-state index contributed by atoms with van der Waals surface area (Å²) in [6, 6.07) is 9.75. The molecule has 0 saturated heterocycles. The maximum Gasteiger partial charge on any atom is 0.0991 e. The lowest BCUT2D eigenvalue weighted by molar-refractivity contribution is 0.689. The van der Waals surface area contributed by atoms with Crippen molar-refractivity contribution in [3.8, 4) is 6.07 Å². The second-order valence-corrected chi connectivity index (χ2v) is 5.01. The smallest absolute Gasteiger partial charge is 0.0991 e. The number of hydrogen-bond acceptors (Lipinski definition) is 3. The summed E-state index contributed by atoms with van der Waals surface area (Å²) in [6.45, 7) is 1.02. The first-order valence-corrected chi connectivity index (χ1v) is 7.49. The Morgan fingerprint density at radius 1 is 1.12 bits per heavy atom. The number of thioether (sulfide) groups is 1. The van der Waals surface area contributed by atoms with Crippen LogP contribution in [0.4, 0.5) is 5.69 Å². The summed E-state index contributed by atoms with van der Waals surface area (Å²) in [5.74, 6) is 1.28. The van der Waals surface area contributed by atoms with Crippen molar-refractivity contribution >= 4 is 17.4 Å². The molecule has 0 unspecified atom stereocenters. The number of unbranched alkanes of at least 4 members (excludes halogenated alkanes) is 3. The van der Waals surface area contributed by atoms with Crippen LogP contribution in [0.2, 0.25) is 0 Å². The Morgan fingerprint density at radius 2 is 1.82 bits per heavy atom. The predicted molar refractivity (Wildman–Crippen MR) is 76.5 cm³/mol. The van der Waals surface area contributed by atoms with E-state index in [0.717, 1.165) is 12.2 Å². The van der Waals surface area contributed by atoms with Crippen molar-refractivity contribution in [2.75, 3.05) is 23.9 Å². The third kappa shape index (κ3) is 6.23. The molecule has 0 bridgehead atoms. The molecule has 0 radical (unpaired) electrons. The van der Waals surface area contributed by atoms with Gasteiger partial charge < -0.3 is 5.32 Å². The fourth-order valence-corrected chi connectivity index (χ4v) is 2.11. The van der Waals surface area contributed by atoms with Crippen LogP contribution in [-0.2, 0) is 0 Å². The minimum Gasteiger partial charge on any atom is -0.385 e. The van der Waals surface area contributed by atoms with Gasteiger partial charge in [-0.1, -0.05) is 12.8 Å². The molecule has 2 nitrogen and oxygen atoms in total. The van der Waals surface area contributed by atoms with Gasteiger partial charge in [0.05, 0.1) is 11.6 Å². The molecule has 0 aliphatic heterocycles. The van der Waals surface area contributed by atoms with Gasteiger partial charge in [0.15, 0.2) is 0 Å². The molecule has 1 aromatic rings. The van der Waals surface area contributed by atoms with Crippen molar-refractivity contribution in [1.82, 2.24) is 0 Å². The molecular formula is C14H20N2S. The Morgan fingerprint density at radius 3 is 2.47 bits per heavy atom. The minimum atomic E-state index is 0.715. The lowest BCUT2D eigenvalue weighted by atomic mass is 10.2. The Bertz CT molecular complexity index is 340. The molecule has 0 saturated carbocycles. The quantitative estimate of drug-likeness (QED) is 0.709. The van der Waals surface area contributed by atoms with Gasteiger partial charge in [0.1, 0.15) is 0 Å². The highest BCUT2D eigenvalue weighted by atomic mass is 32.2. The molecule has 0 fully saturated rings. The normalized spacial score (nSPS) is 9.88. The minimum absolute atomic E-state index is 0.715. The lowest BCUT2D eigenvalue weighted by Crippen LogP contribution is -2.01. The third-order valence-electron chi connectivity index (χ3n) is 2.62. The molecule has 3 heteroatoms. The monoisotopic (exact) mass is 248 g/mol. The Kier molecular flexibility index (Phi) is 7.33. The Hall–Kier alpha value is -1.14. The molecule has 92 valence electrons. The van der Waals surface area contributed by atoms with Crippen molar-refractivity contribution < 1.29 is 0 Å². The SMILES string of the molecule is CSCCCCCCNc1ccc(C#N)cc1. The first-order chi connectivity index (χ1) is 8.36. The van der Waals surface area contributed by atoms with E-state index < -0.39 is 0 Å². The third-order valence-corrected chi connectivity index (χ3v) is 3.32. The largest absolute Gasteiger partial charge is 0.385 e. The van der Waals surface area contributed by atoms with Gasteiger partial charge in [-0.2, -0.15) is 17.0 Å². The van der Waals surface area contributed by atoms with Crippen LogP contribution >= 0.6 is 11.8 Å². The maximum atomic E-state index is 8.67. The van der Waals surface area contributed by atoms with Crippen molar-refractivity contribution in [3.05, 3.63) is 29.8 Å².